The second-order valence-electron chi connectivity index (χ2n) is 4.93. The first-order valence-corrected chi connectivity index (χ1v) is 6.56. The van der Waals surface area contributed by atoms with Gasteiger partial charge in [-0.1, -0.05) is 0 Å². The van der Waals surface area contributed by atoms with Gasteiger partial charge in [-0.15, -0.1) is 0 Å². The minimum absolute atomic E-state index is 0.0345. The predicted molar refractivity (Wildman–Crippen MR) is 76.1 cm³/mol. The van der Waals surface area contributed by atoms with E-state index < -0.39 is 11.9 Å². The molecule has 0 bridgehead atoms. The number of carbonyl (C=O) groups is 2. The van der Waals surface area contributed by atoms with E-state index in [0.717, 1.165) is 0 Å². The summed E-state index contributed by atoms with van der Waals surface area (Å²) in [5.41, 5.74) is 13.1. The van der Waals surface area contributed by atoms with Crippen molar-refractivity contribution in [2.24, 2.45) is 5.73 Å². The molecule has 5 N–H and O–H groups in total. The van der Waals surface area contributed by atoms with Crippen LogP contribution in [0.3, 0.4) is 0 Å². The summed E-state index contributed by atoms with van der Waals surface area (Å²) in [6, 6.07) is 2.75. The van der Waals surface area contributed by atoms with Crippen molar-refractivity contribution in [3.63, 3.8) is 0 Å². The van der Waals surface area contributed by atoms with Gasteiger partial charge in [-0.25, -0.2) is 0 Å². The molecule has 2 heterocycles. The van der Waals surface area contributed by atoms with Crippen LogP contribution in [0.2, 0.25) is 0 Å². The number of primary amides is 1. The third-order valence-electron chi connectivity index (χ3n) is 3.53. The molecule has 112 valence electrons. The second kappa shape index (κ2) is 5.13. The van der Waals surface area contributed by atoms with Crippen molar-refractivity contribution >= 4 is 28.9 Å². The zero-order chi connectivity index (χ0) is 15.0. The highest BCUT2D eigenvalue weighted by Gasteiger charge is 2.30. The standard InChI is InChI=1S/C13H16N4O4/c14-7-3-11-8(16-12(18)6-21-11)4-9(7)17-1-2-20-5-10(17)13(15)19/h3-4,10H,1-2,5-6,14H2,(H2,15,19)(H,16,18). The number of ether oxygens (including phenoxy) is 2. The van der Waals surface area contributed by atoms with E-state index in [9.17, 15) is 9.59 Å². The maximum absolute atomic E-state index is 11.6. The lowest BCUT2D eigenvalue weighted by molar-refractivity contribution is -0.121. The quantitative estimate of drug-likeness (QED) is 0.619. The summed E-state index contributed by atoms with van der Waals surface area (Å²) in [5, 5.41) is 2.72. The van der Waals surface area contributed by atoms with Crippen LogP contribution in [0.4, 0.5) is 17.1 Å². The SMILES string of the molecule is NC(=O)C1COCCN1c1cc2c(cc1N)OCC(=O)N2. The molecule has 0 radical (unpaired) electrons. The van der Waals surface area contributed by atoms with Gasteiger partial charge in [-0.2, -0.15) is 0 Å². The molecule has 1 saturated heterocycles. The zero-order valence-electron chi connectivity index (χ0n) is 11.3. The van der Waals surface area contributed by atoms with Gasteiger partial charge in [0, 0.05) is 12.6 Å². The van der Waals surface area contributed by atoms with Crippen LogP contribution in [0.25, 0.3) is 0 Å². The molecule has 0 aromatic heterocycles. The van der Waals surface area contributed by atoms with Gasteiger partial charge < -0.3 is 31.2 Å². The van der Waals surface area contributed by atoms with Crippen molar-refractivity contribution < 1.29 is 19.1 Å². The molecule has 1 unspecified atom stereocenters. The fourth-order valence-electron chi connectivity index (χ4n) is 2.51. The van der Waals surface area contributed by atoms with Gasteiger partial charge in [-0.05, 0) is 6.07 Å². The Morgan fingerprint density at radius 2 is 2.24 bits per heavy atom. The first kappa shape index (κ1) is 13.5. The summed E-state index contributed by atoms with van der Waals surface area (Å²) in [7, 11) is 0. The normalized spacial score (nSPS) is 21.2. The molecule has 2 aliphatic heterocycles. The van der Waals surface area contributed by atoms with Crippen molar-refractivity contribution in [3.05, 3.63) is 12.1 Å². The van der Waals surface area contributed by atoms with Crippen LogP contribution < -0.4 is 26.4 Å². The molecular formula is C13H16N4O4. The van der Waals surface area contributed by atoms with Gasteiger partial charge in [0.1, 0.15) is 11.8 Å². The second-order valence-corrected chi connectivity index (χ2v) is 4.93. The molecule has 0 saturated carbocycles. The number of benzene rings is 1. The van der Waals surface area contributed by atoms with Gasteiger partial charge in [0.25, 0.3) is 5.91 Å². The maximum atomic E-state index is 11.6. The predicted octanol–water partition coefficient (Wildman–Crippen LogP) is -0.710. The Kier molecular flexibility index (Phi) is 3.30. The van der Waals surface area contributed by atoms with E-state index in [1.165, 1.54) is 0 Å². The molecule has 3 rings (SSSR count). The van der Waals surface area contributed by atoms with Crippen molar-refractivity contribution in [1.29, 1.82) is 0 Å². The molecule has 0 spiro atoms. The molecule has 1 aromatic carbocycles. The number of nitrogen functional groups attached to an aromatic ring is 1. The van der Waals surface area contributed by atoms with Crippen molar-refractivity contribution in [1.82, 2.24) is 0 Å². The number of nitrogens with one attached hydrogen (secondary N) is 1. The Bertz CT molecular complexity index is 604. The number of hydrogen-bond donors (Lipinski definition) is 3. The molecule has 2 aliphatic rings. The number of rotatable bonds is 2. The Morgan fingerprint density at radius 3 is 3.00 bits per heavy atom. The topological polar surface area (TPSA) is 120 Å². The molecule has 2 amide bonds. The lowest BCUT2D eigenvalue weighted by atomic mass is 10.1. The van der Waals surface area contributed by atoms with Gasteiger partial charge in [-0.3, -0.25) is 9.59 Å². The molecular weight excluding hydrogens is 276 g/mol. The summed E-state index contributed by atoms with van der Waals surface area (Å²) in [6.45, 7) is 1.15. The van der Waals surface area contributed by atoms with Crippen LogP contribution in [0.5, 0.6) is 5.75 Å². The van der Waals surface area contributed by atoms with Crippen LogP contribution in [-0.2, 0) is 14.3 Å². The number of morpholine rings is 1. The zero-order valence-corrected chi connectivity index (χ0v) is 11.3. The number of nitrogens with two attached hydrogens (primary N) is 2. The van der Waals surface area contributed by atoms with Crippen LogP contribution in [0.1, 0.15) is 0 Å². The van der Waals surface area contributed by atoms with Crippen molar-refractivity contribution in [3.8, 4) is 5.75 Å². The molecule has 1 atom stereocenters. The highest BCUT2D eigenvalue weighted by Crippen LogP contribution is 2.38. The molecule has 8 heteroatoms. The number of hydrogen-bond acceptors (Lipinski definition) is 6. The first-order valence-electron chi connectivity index (χ1n) is 6.56. The van der Waals surface area contributed by atoms with Crippen LogP contribution in [0, 0.1) is 0 Å². The Balaban J connectivity index is 1.99. The summed E-state index contributed by atoms with van der Waals surface area (Å²) in [6.07, 6.45) is 0. The van der Waals surface area contributed by atoms with Crippen molar-refractivity contribution in [2.75, 3.05) is 42.3 Å². The Hall–Kier alpha value is -2.48. The van der Waals surface area contributed by atoms with E-state index in [4.69, 9.17) is 20.9 Å². The van der Waals surface area contributed by atoms with E-state index in [0.29, 0.717) is 36.0 Å². The minimum Gasteiger partial charge on any atom is -0.482 e. The van der Waals surface area contributed by atoms with E-state index in [1.54, 1.807) is 17.0 Å². The minimum atomic E-state index is -0.584. The number of nitrogens with zero attached hydrogens (tertiary/aromatic N) is 1. The monoisotopic (exact) mass is 292 g/mol. The highest BCUT2D eigenvalue weighted by atomic mass is 16.5. The summed E-state index contributed by atoms with van der Waals surface area (Å²) in [5.74, 6) is -0.196. The number of amides is 2. The Morgan fingerprint density at radius 1 is 1.43 bits per heavy atom. The maximum Gasteiger partial charge on any atom is 0.262 e. The van der Waals surface area contributed by atoms with Crippen molar-refractivity contribution in [2.45, 2.75) is 6.04 Å². The fraction of sp³-hybridized carbons (Fsp3) is 0.385. The highest BCUT2D eigenvalue weighted by molar-refractivity contribution is 5.97. The molecule has 1 aromatic rings. The summed E-state index contributed by atoms with van der Waals surface area (Å²) in [4.78, 5) is 24.7. The Labute approximate surface area is 121 Å². The third-order valence-corrected chi connectivity index (χ3v) is 3.53. The number of anilines is 3. The molecule has 0 aliphatic carbocycles. The van der Waals surface area contributed by atoms with Gasteiger partial charge in [0.15, 0.2) is 6.61 Å². The summed E-state index contributed by atoms with van der Waals surface area (Å²) < 4.78 is 10.6. The molecule has 21 heavy (non-hydrogen) atoms. The smallest absolute Gasteiger partial charge is 0.262 e. The van der Waals surface area contributed by atoms with Gasteiger partial charge >= 0.3 is 0 Å². The number of fused-ring (bicyclic) bond motifs is 1. The average molecular weight is 292 g/mol. The summed E-state index contributed by atoms with van der Waals surface area (Å²) >= 11 is 0. The van der Waals surface area contributed by atoms with E-state index in [1.807, 2.05) is 0 Å². The lowest BCUT2D eigenvalue weighted by Crippen LogP contribution is -2.52. The lowest BCUT2D eigenvalue weighted by Gasteiger charge is -2.36. The van der Waals surface area contributed by atoms with Crippen LogP contribution in [-0.4, -0.2) is 44.2 Å². The van der Waals surface area contributed by atoms with Gasteiger partial charge in [0.05, 0.1) is 30.3 Å². The van der Waals surface area contributed by atoms with Crippen LogP contribution >= 0.6 is 0 Å². The molecule has 8 nitrogen and oxygen atoms in total. The number of carbonyl (C=O) groups excluding carboxylic acids is 2. The average Bonchev–Trinajstić information content (AvgIpc) is 2.47. The largest absolute Gasteiger partial charge is 0.482 e. The van der Waals surface area contributed by atoms with Gasteiger partial charge in [0.2, 0.25) is 5.91 Å². The first-order chi connectivity index (χ1) is 10.1. The third kappa shape index (κ3) is 2.45. The van der Waals surface area contributed by atoms with Crippen LogP contribution in [0.15, 0.2) is 12.1 Å². The van der Waals surface area contributed by atoms with E-state index >= 15 is 0 Å². The van der Waals surface area contributed by atoms with E-state index in [2.05, 4.69) is 5.32 Å². The van der Waals surface area contributed by atoms with E-state index in [-0.39, 0.29) is 19.1 Å². The fourth-order valence-corrected chi connectivity index (χ4v) is 2.51. The molecule has 1 fully saturated rings.